The molecule has 11 heteroatoms. The van der Waals surface area contributed by atoms with Crippen molar-refractivity contribution in [3.8, 4) is 5.75 Å². The minimum Gasteiger partial charge on any atom is -0.495 e. The first-order chi connectivity index (χ1) is 20.7. The Labute approximate surface area is 249 Å². The third kappa shape index (κ3) is 6.45. The maximum Gasteiger partial charge on any atom is 0.320 e. The third-order valence-corrected chi connectivity index (χ3v) is 8.37. The van der Waals surface area contributed by atoms with Gasteiger partial charge in [0.2, 0.25) is 5.91 Å². The lowest BCUT2D eigenvalue weighted by Gasteiger charge is -2.38. The van der Waals surface area contributed by atoms with E-state index in [1.54, 1.807) is 26.3 Å². The van der Waals surface area contributed by atoms with Crippen LogP contribution in [-0.2, 0) is 16.6 Å². The van der Waals surface area contributed by atoms with E-state index in [-0.39, 0.29) is 29.1 Å². The molecule has 2 heterocycles. The van der Waals surface area contributed by atoms with Crippen LogP contribution >= 0.6 is 0 Å². The molecule has 1 aliphatic carbocycles. The van der Waals surface area contributed by atoms with E-state index < -0.39 is 16.5 Å². The fourth-order valence-corrected chi connectivity index (χ4v) is 5.99. The number of H-pyrrole nitrogens is 1. The van der Waals surface area contributed by atoms with Gasteiger partial charge in [-0.2, -0.15) is 0 Å². The minimum absolute atomic E-state index is 0.0339. The van der Waals surface area contributed by atoms with Gasteiger partial charge < -0.3 is 25.7 Å². The lowest BCUT2D eigenvalue weighted by Crippen LogP contribution is -2.60. The summed E-state index contributed by atoms with van der Waals surface area (Å²) < 4.78 is 5.29. The molecule has 3 amide bonds. The van der Waals surface area contributed by atoms with E-state index in [1.807, 2.05) is 42.6 Å². The molecule has 4 N–H and O–H groups in total. The molecule has 1 unspecified atom stereocenters. The molecule has 2 aromatic heterocycles. The standard InChI is InChI=1S/C32H36N6O5/c1-31(18-22-19-33-25-11-5-4-10-24(22)25,37-30(40)36-26-12-6-7-13-27(26)38(41)42)29(39)35-21-32(16-8-3-9-17-32)28-15-14-23(43-2)20-34-28/h4-7,10-15,19-20,33H,3,8-9,16-18,21H2,1-2H3,(H,35,39)(H2,36,37,40). The van der Waals surface area contributed by atoms with Crippen molar-refractivity contribution >= 4 is 34.2 Å². The SMILES string of the molecule is COc1ccc(C2(CNC(=O)C(C)(Cc3c[nH]c4ccccc34)NC(=O)Nc3ccccc3[N+](=O)[O-])CCCCC2)nc1. The van der Waals surface area contributed by atoms with E-state index in [4.69, 9.17) is 4.74 Å². The van der Waals surface area contributed by atoms with Crippen LogP contribution in [0.25, 0.3) is 10.9 Å². The topological polar surface area (TPSA) is 151 Å². The predicted octanol–water partition coefficient (Wildman–Crippen LogP) is 5.62. The number of carbonyl (C=O) groups excluding carboxylic acids is 2. The number of amides is 3. The van der Waals surface area contributed by atoms with E-state index >= 15 is 0 Å². The second-order valence-electron chi connectivity index (χ2n) is 11.3. The summed E-state index contributed by atoms with van der Waals surface area (Å²) in [7, 11) is 1.60. The zero-order chi connectivity index (χ0) is 30.5. The number of nitrogens with zero attached hydrogens (tertiary/aromatic N) is 2. The monoisotopic (exact) mass is 584 g/mol. The van der Waals surface area contributed by atoms with Crippen molar-refractivity contribution in [2.75, 3.05) is 19.0 Å². The highest BCUT2D eigenvalue weighted by atomic mass is 16.6. The Balaban J connectivity index is 1.41. The number of hydrogen-bond donors (Lipinski definition) is 4. The summed E-state index contributed by atoms with van der Waals surface area (Å²) in [5, 5.41) is 21.0. The lowest BCUT2D eigenvalue weighted by molar-refractivity contribution is -0.383. The van der Waals surface area contributed by atoms with Crippen molar-refractivity contribution in [1.82, 2.24) is 20.6 Å². The third-order valence-electron chi connectivity index (χ3n) is 8.37. The Morgan fingerprint density at radius 2 is 1.81 bits per heavy atom. The number of aromatic nitrogens is 2. The number of benzene rings is 2. The van der Waals surface area contributed by atoms with Gasteiger partial charge in [0.25, 0.3) is 5.69 Å². The zero-order valence-corrected chi connectivity index (χ0v) is 24.3. The number of carbonyl (C=O) groups is 2. The average molecular weight is 585 g/mol. The quantitative estimate of drug-likeness (QED) is 0.140. The highest BCUT2D eigenvalue weighted by Gasteiger charge is 2.40. The highest BCUT2D eigenvalue weighted by molar-refractivity contribution is 5.97. The van der Waals surface area contributed by atoms with Crippen LogP contribution in [0.3, 0.4) is 0 Å². The molecule has 0 spiro atoms. The molecule has 0 saturated heterocycles. The molecular formula is C32H36N6O5. The lowest BCUT2D eigenvalue weighted by atomic mass is 9.71. The van der Waals surface area contributed by atoms with Crippen LogP contribution < -0.4 is 20.7 Å². The van der Waals surface area contributed by atoms with Crippen LogP contribution in [0.1, 0.15) is 50.3 Å². The molecule has 0 bridgehead atoms. The number of pyridine rings is 1. The molecule has 224 valence electrons. The van der Waals surface area contributed by atoms with Gasteiger partial charge in [-0.25, -0.2) is 4.79 Å². The molecule has 2 aromatic carbocycles. The van der Waals surface area contributed by atoms with Crippen molar-refractivity contribution in [2.45, 2.75) is 56.4 Å². The molecular weight excluding hydrogens is 548 g/mol. The van der Waals surface area contributed by atoms with Gasteiger partial charge in [-0.15, -0.1) is 0 Å². The van der Waals surface area contributed by atoms with Crippen molar-refractivity contribution < 1.29 is 19.2 Å². The van der Waals surface area contributed by atoms with E-state index in [9.17, 15) is 19.7 Å². The molecule has 1 saturated carbocycles. The highest BCUT2D eigenvalue weighted by Crippen LogP contribution is 2.38. The first-order valence-electron chi connectivity index (χ1n) is 14.4. The van der Waals surface area contributed by atoms with Crippen LogP contribution in [0.4, 0.5) is 16.2 Å². The molecule has 11 nitrogen and oxygen atoms in total. The molecule has 5 rings (SSSR count). The number of nitrogens with one attached hydrogen (secondary N) is 4. The number of rotatable bonds is 10. The van der Waals surface area contributed by atoms with Crippen LogP contribution in [0.2, 0.25) is 0 Å². The Morgan fingerprint density at radius 3 is 2.53 bits per heavy atom. The van der Waals surface area contributed by atoms with Crippen LogP contribution in [0.15, 0.2) is 73.1 Å². The first kappa shape index (κ1) is 29.6. The Kier molecular flexibility index (Phi) is 8.61. The van der Waals surface area contributed by atoms with Crippen LogP contribution in [-0.4, -0.2) is 46.0 Å². The predicted molar refractivity (Wildman–Crippen MR) is 164 cm³/mol. The van der Waals surface area contributed by atoms with Crippen molar-refractivity contribution in [1.29, 1.82) is 0 Å². The Bertz CT molecular complexity index is 1610. The molecule has 1 aliphatic rings. The van der Waals surface area contributed by atoms with Crippen molar-refractivity contribution in [2.24, 2.45) is 0 Å². The molecule has 0 aliphatic heterocycles. The van der Waals surface area contributed by atoms with Gasteiger partial charge >= 0.3 is 6.03 Å². The van der Waals surface area contributed by atoms with Crippen LogP contribution in [0.5, 0.6) is 5.75 Å². The van der Waals surface area contributed by atoms with Crippen molar-refractivity contribution in [3.05, 3.63) is 94.4 Å². The Hall–Kier alpha value is -4.93. The first-order valence-corrected chi connectivity index (χ1v) is 14.4. The number of hydrogen-bond acceptors (Lipinski definition) is 6. The number of nitro benzene ring substituents is 1. The van der Waals surface area contributed by atoms with Gasteiger partial charge in [-0.05, 0) is 49.6 Å². The van der Waals surface area contributed by atoms with Gasteiger partial charge in [0.05, 0.1) is 18.2 Å². The van der Waals surface area contributed by atoms with Crippen LogP contribution in [0, 0.1) is 10.1 Å². The van der Waals surface area contributed by atoms with Gasteiger partial charge in [0.1, 0.15) is 17.0 Å². The van der Waals surface area contributed by atoms with E-state index in [0.29, 0.717) is 12.3 Å². The number of anilines is 1. The normalized spacial score (nSPS) is 15.7. The van der Waals surface area contributed by atoms with E-state index in [2.05, 4.69) is 25.9 Å². The minimum atomic E-state index is -1.40. The fourth-order valence-electron chi connectivity index (χ4n) is 5.99. The molecule has 43 heavy (non-hydrogen) atoms. The molecule has 4 aromatic rings. The summed E-state index contributed by atoms with van der Waals surface area (Å²) in [6.45, 7) is 2.02. The summed E-state index contributed by atoms with van der Waals surface area (Å²) in [5.74, 6) is 0.299. The number of para-hydroxylation sites is 3. The number of urea groups is 1. The van der Waals surface area contributed by atoms with Gasteiger partial charge in [-0.3, -0.25) is 19.9 Å². The summed E-state index contributed by atoms with van der Waals surface area (Å²) >= 11 is 0. The number of aromatic amines is 1. The number of fused-ring (bicyclic) bond motifs is 1. The Morgan fingerprint density at radius 1 is 1.07 bits per heavy atom. The van der Waals surface area contributed by atoms with E-state index in [0.717, 1.165) is 54.3 Å². The number of ether oxygens (including phenoxy) is 1. The molecule has 0 radical (unpaired) electrons. The largest absolute Gasteiger partial charge is 0.495 e. The second kappa shape index (κ2) is 12.5. The summed E-state index contributed by atoms with van der Waals surface area (Å²) in [5.41, 5.74) is 0.697. The van der Waals surface area contributed by atoms with Gasteiger partial charge in [0.15, 0.2) is 0 Å². The van der Waals surface area contributed by atoms with Gasteiger partial charge in [-0.1, -0.05) is 49.6 Å². The maximum atomic E-state index is 14.1. The van der Waals surface area contributed by atoms with Gasteiger partial charge in [0, 0.05) is 47.2 Å². The average Bonchev–Trinajstić information content (AvgIpc) is 3.42. The smallest absolute Gasteiger partial charge is 0.320 e. The maximum absolute atomic E-state index is 14.1. The molecule has 1 fully saturated rings. The molecule has 1 atom stereocenters. The summed E-state index contributed by atoms with van der Waals surface area (Å²) in [6.07, 6.45) is 8.62. The zero-order valence-electron chi connectivity index (χ0n) is 24.3. The summed E-state index contributed by atoms with van der Waals surface area (Å²) in [4.78, 5) is 46.2. The number of methoxy groups -OCH3 is 1. The van der Waals surface area contributed by atoms with E-state index in [1.165, 1.54) is 18.2 Å². The summed E-state index contributed by atoms with van der Waals surface area (Å²) in [6, 6.07) is 16.7. The van der Waals surface area contributed by atoms with Crippen molar-refractivity contribution in [3.63, 3.8) is 0 Å². The second-order valence-corrected chi connectivity index (χ2v) is 11.3. The number of nitro groups is 1. The fraction of sp³-hybridized carbons (Fsp3) is 0.344.